The van der Waals surface area contributed by atoms with Gasteiger partial charge in [-0.25, -0.2) is 8.78 Å². The lowest BCUT2D eigenvalue weighted by atomic mass is 9.96. The Morgan fingerprint density at radius 1 is 0.824 bits per heavy atom. The molecule has 1 fully saturated rings. The molecular weight excluding hydrogens is 460 g/mol. The number of nitrogens with one attached hydrogen (secondary N) is 1. The summed E-state index contributed by atoms with van der Waals surface area (Å²) in [6, 6.07) is 19.0. The van der Waals surface area contributed by atoms with Gasteiger partial charge in [0.25, 0.3) is 5.91 Å². The summed E-state index contributed by atoms with van der Waals surface area (Å²) in [6.07, 6.45) is 0. The fraction of sp³-hybridized carbons (Fsp3) is 0.231. The van der Waals surface area contributed by atoms with Gasteiger partial charge in [-0.05, 0) is 47.5 Å². The summed E-state index contributed by atoms with van der Waals surface area (Å²) in [7, 11) is 0. The zero-order valence-electron chi connectivity index (χ0n) is 18.4. The van der Waals surface area contributed by atoms with E-state index in [1.54, 1.807) is 53.4 Å². The van der Waals surface area contributed by atoms with Gasteiger partial charge in [-0.15, -0.1) is 0 Å². The van der Waals surface area contributed by atoms with Crippen LogP contribution in [0, 0.1) is 11.6 Å². The molecule has 1 aliphatic rings. The smallest absolute Gasteiger partial charge is 0.253 e. The van der Waals surface area contributed by atoms with Crippen LogP contribution in [0.2, 0.25) is 5.02 Å². The first-order chi connectivity index (χ1) is 16.4. The van der Waals surface area contributed by atoms with Crippen LogP contribution in [0.1, 0.15) is 27.5 Å². The van der Waals surface area contributed by atoms with E-state index in [4.69, 9.17) is 11.6 Å². The third kappa shape index (κ3) is 5.61. The molecule has 8 heteroatoms. The molecule has 1 aliphatic heterocycles. The highest BCUT2D eigenvalue weighted by Crippen LogP contribution is 2.30. The summed E-state index contributed by atoms with van der Waals surface area (Å²) in [5.41, 5.74) is 2.10. The second-order valence-corrected chi connectivity index (χ2v) is 8.49. The van der Waals surface area contributed by atoms with Crippen molar-refractivity contribution in [3.05, 3.63) is 106 Å². The molecule has 3 aromatic carbocycles. The van der Waals surface area contributed by atoms with Crippen molar-refractivity contribution in [2.75, 3.05) is 32.7 Å². The number of piperazine rings is 1. The third-order valence-corrected chi connectivity index (χ3v) is 6.25. The van der Waals surface area contributed by atoms with Crippen molar-refractivity contribution < 1.29 is 18.4 Å². The van der Waals surface area contributed by atoms with Crippen LogP contribution in [0.15, 0.2) is 72.8 Å². The van der Waals surface area contributed by atoms with Crippen LogP contribution in [0.3, 0.4) is 0 Å². The van der Waals surface area contributed by atoms with Gasteiger partial charge in [0.1, 0.15) is 11.6 Å². The lowest BCUT2D eigenvalue weighted by Crippen LogP contribution is -2.52. The standard InChI is InChI=1S/C26H24ClF2N3O2/c27-23-4-2-1-3-22(23)26(34)30-17-24(33)31-13-15-32(16-14-31)25(18-5-9-20(28)10-6-18)19-7-11-21(29)12-8-19/h1-12,25H,13-17H2,(H,30,34). The largest absolute Gasteiger partial charge is 0.343 e. The third-order valence-electron chi connectivity index (χ3n) is 5.92. The first-order valence-electron chi connectivity index (χ1n) is 11.0. The van der Waals surface area contributed by atoms with E-state index in [1.165, 1.54) is 24.3 Å². The Kier molecular flexibility index (Phi) is 7.55. The monoisotopic (exact) mass is 483 g/mol. The van der Waals surface area contributed by atoms with Crippen LogP contribution in [0.4, 0.5) is 8.78 Å². The SMILES string of the molecule is O=C(NCC(=O)N1CCN(C(c2ccc(F)cc2)c2ccc(F)cc2)CC1)c1ccccc1Cl. The van der Waals surface area contributed by atoms with Crippen molar-refractivity contribution in [2.24, 2.45) is 0 Å². The second-order valence-electron chi connectivity index (χ2n) is 8.08. The van der Waals surface area contributed by atoms with Gasteiger partial charge in [-0.1, -0.05) is 48.0 Å². The van der Waals surface area contributed by atoms with Gasteiger partial charge in [0, 0.05) is 26.2 Å². The maximum absolute atomic E-state index is 13.5. The van der Waals surface area contributed by atoms with Crippen molar-refractivity contribution in [3.63, 3.8) is 0 Å². The van der Waals surface area contributed by atoms with Gasteiger partial charge in [-0.2, -0.15) is 0 Å². The van der Waals surface area contributed by atoms with Crippen LogP contribution < -0.4 is 5.32 Å². The van der Waals surface area contributed by atoms with E-state index < -0.39 is 5.91 Å². The van der Waals surface area contributed by atoms with Crippen LogP contribution in [-0.4, -0.2) is 54.3 Å². The Morgan fingerprint density at radius 2 is 1.35 bits per heavy atom. The van der Waals surface area contributed by atoms with E-state index in [-0.39, 0.29) is 30.1 Å². The van der Waals surface area contributed by atoms with Crippen molar-refractivity contribution in [3.8, 4) is 0 Å². The van der Waals surface area contributed by atoms with E-state index in [2.05, 4.69) is 10.2 Å². The Hall–Kier alpha value is -3.29. The summed E-state index contributed by atoms with van der Waals surface area (Å²) in [5.74, 6) is -1.22. The minimum atomic E-state index is -0.398. The summed E-state index contributed by atoms with van der Waals surface area (Å²) < 4.78 is 27.0. The number of halogens is 3. The number of hydrogen-bond acceptors (Lipinski definition) is 3. The Bertz CT molecular complexity index is 1100. The second kappa shape index (κ2) is 10.8. The molecular formula is C26H24ClF2N3O2. The van der Waals surface area contributed by atoms with E-state index in [9.17, 15) is 18.4 Å². The van der Waals surface area contributed by atoms with Gasteiger partial charge < -0.3 is 10.2 Å². The lowest BCUT2D eigenvalue weighted by molar-refractivity contribution is -0.132. The first kappa shape index (κ1) is 23.9. The lowest BCUT2D eigenvalue weighted by Gasteiger charge is -2.39. The zero-order chi connectivity index (χ0) is 24.1. The number of amides is 2. The predicted molar refractivity (Wildman–Crippen MR) is 127 cm³/mol. The minimum absolute atomic E-state index is 0.122. The van der Waals surface area contributed by atoms with E-state index in [1.807, 2.05) is 0 Å². The Balaban J connectivity index is 1.39. The summed E-state index contributed by atoms with van der Waals surface area (Å²) in [5, 5.41) is 2.96. The number of benzene rings is 3. The average Bonchev–Trinajstić information content (AvgIpc) is 2.85. The van der Waals surface area contributed by atoms with Gasteiger partial charge >= 0.3 is 0 Å². The highest BCUT2D eigenvalue weighted by molar-refractivity contribution is 6.33. The molecule has 0 radical (unpaired) electrons. The molecule has 0 saturated carbocycles. The molecule has 176 valence electrons. The van der Waals surface area contributed by atoms with Crippen molar-refractivity contribution in [1.29, 1.82) is 0 Å². The topological polar surface area (TPSA) is 52.7 Å². The highest BCUT2D eigenvalue weighted by Gasteiger charge is 2.28. The quantitative estimate of drug-likeness (QED) is 0.569. The van der Waals surface area contributed by atoms with Crippen LogP contribution in [0.5, 0.6) is 0 Å². The molecule has 0 atom stereocenters. The number of carbonyl (C=O) groups is 2. The summed E-state index contributed by atoms with van der Waals surface area (Å²) in [4.78, 5) is 28.9. The number of rotatable bonds is 6. The molecule has 0 spiro atoms. The Labute approximate surface area is 201 Å². The normalized spacial score (nSPS) is 14.3. The molecule has 4 rings (SSSR count). The van der Waals surface area contributed by atoms with E-state index in [0.29, 0.717) is 36.8 Å². The van der Waals surface area contributed by atoms with Gasteiger partial charge in [0.05, 0.1) is 23.2 Å². The Morgan fingerprint density at radius 3 is 1.88 bits per heavy atom. The zero-order valence-corrected chi connectivity index (χ0v) is 19.1. The van der Waals surface area contributed by atoms with Crippen molar-refractivity contribution >= 4 is 23.4 Å². The molecule has 0 unspecified atom stereocenters. The van der Waals surface area contributed by atoms with Gasteiger partial charge in [0.15, 0.2) is 0 Å². The molecule has 1 N–H and O–H groups in total. The average molecular weight is 484 g/mol. The maximum atomic E-state index is 13.5. The van der Waals surface area contributed by atoms with Crippen LogP contribution in [-0.2, 0) is 4.79 Å². The molecule has 0 aromatic heterocycles. The number of hydrogen-bond donors (Lipinski definition) is 1. The minimum Gasteiger partial charge on any atom is -0.343 e. The van der Waals surface area contributed by atoms with Crippen LogP contribution in [0.25, 0.3) is 0 Å². The fourth-order valence-corrected chi connectivity index (χ4v) is 4.36. The number of nitrogens with zero attached hydrogens (tertiary/aromatic N) is 2. The maximum Gasteiger partial charge on any atom is 0.253 e. The molecule has 0 bridgehead atoms. The van der Waals surface area contributed by atoms with Crippen molar-refractivity contribution in [1.82, 2.24) is 15.1 Å². The van der Waals surface area contributed by atoms with Crippen LogP contribution >= 0.6 is 11.6 Å². The van der Waals surface area contributed by atoms with Crippen molar-refractivity contribution in [2.45, 2.75) is 6.04 Å². The van der Waals surface area contributed by atoms with E-state index in [0.717, 1.165) is 11.1 Å². The van der Waals surface area contributed by atoms with Gasteiger partial charge in [-0.3, -0.25) is 14.5 Å². The molecule has 34 heavy (non-hydrogen) atoms. The molecule has 3 aromatic rings. The summed E-state index contributed by atoms with van der Waals surface area (Å²) >= 11 is 6.04. The highest BCUT2D eigenvalue weighted by atomic mass is 35.5. The van der Waals surface area contributed by atoms with E-state index >= 15 is 0 Å². The molecule has 5 nitrogen and oxygen atoms in total. The summed E-state index contributed by atoms with van der Waals surface area (Å²) in [6.45, 7) is 1.97. The first-order valence-corrected chi connectivity index (χ1v) is 11.4. The predicted octanol–water partition coefficient (Wildman–Crippen LogP) is 4.28. The molecule has 1 heterocycles. The van der Waals surface area contributed by atoms with Gasteiger partial charge in [0.2, 0.25) is 5.91 Å². The fourth-order valence-electron chi connectivity index (χ4n) is 4.14. The number of carbonyl (C=O) groups excluding carboxylic acids is 2. The molecule has 0 aliphatic carbocycles. The molecule has 2 amide bonds. The molecule has 1 saturated heterocycles.